The van der Waals surface area contributed by atoms with Crippen LogP contribution in [0.3, 0.4) is 0 Å². The van der Waals surface area contributed by atoms with Crippen LogP contribution in [0.2, 0.25) is 0 Å². The lowest BCUT2D eigenvalue weighted by Crippen LogP contribution is -2.37. The summed E-state index contributed by atoms with van der Waals surface area (Å²) >= 11 is 0. The highest BCUT2D eigenvalue weighted by Gasteiger charge is 2.30. The van der Waals surface area contributed by atoms with E-state index in [0.717, 1.165) is 50.4 Å². The van der Waals surface area contributed by atoms with Crippen LogP contribution in [0.25, 0.3) is 0 Å². The fourth-order valence-electron chi connectivity index (χ4n) is 2.92. The van der Waals surface area contributed by atoms with E-state index in [1.54, 1.807) is 12.4 Å². The molecule has 22 heavy (non-hydrogen) atoms. The number of rotatable bonds is 5. The maximum Gasteiger partial charge on any atom is 0.273 e. The summed E-state index contributed by atoms with van der Waals surface area (Å²) in [5, 5.41) is 6.93. The Morgan fingerprint density at radius 3 is 3.14 bits per heavy atom. The van der Waals surface area contributed by atoms with E-state index in [2.05, 4.69) is 25.3 Å². The van der Waals surface area contributed by atoms with Gasteiger partial charge in [-0.2, -0.15) is 0 Å². The number of carbonyl (C=O) groups is 1. The quantitative estimate of drug-likeness (QED) is 0.868. The molecule has 2 aromatic rings. The second-order valence-electron chi connectivity index (χ2n) is 6.14. The van der Waals surface area contributed by atoms with Gasteiger partial charge in [0.15, 0.2) is 5.69 Å². The number of hydrogen-bond acceptors (Lipinski definition) is 5. The molecule has 0 radical (unpaired) electrons. The maximum atomic E-state index is 12.2. The van der Waals surface area contributed by atoms with Gasteiger partial charge in [0.25, 0.3) is 5.91 Å². The van der Waals surface area contributed by atoms with Crippen LogP contribution in [0.15, 0.2) is 23.1 Å². The highest BCUT2D eigenvalue weighted by atomic mass is 16.5. The molecule has 1 saturated carbocycles. The second-order valence-corrected chi connectivity index (χ2v) is 6.14. The number of imidazole rings is 1. The molecular formula is C15H19N5O2. The topological polar surface area (TPSA) is 87.0 Å². The molecule has 2 aromatic heterocycles. The third-order valence-corrected chi connectivity index (χ3v) is 4.29. The van der Waals surface area contributed by atoms with Crippen molar-refractivity contribution < 1.29 is 9.32 Å². The van der Waals surface area contributed by atoms with Crippen molar-refractivity contribution >= 4 is 5.91 Å². The number of hydrogen-bond donors (Lipinski definition) is 2. The Hall–Kier alpha value is -2.15. The third kappa shape index (κ3) is 2.89. The average molecular weight is 301 g/mol. The van der Waals surface area contributed by atoms with Crippen LogP contribution in [-0.4, -0.2) is 45.1 Å². The van der Waals surface area contributed by atoms with Gasteiger partial charge in [-0.25, -0.2) is 4.98 Å². The zero-order chi connectivity index (χ0) is 14.9. The van der Waals surface area contributed by atoms with Crippen LogP contribution in [0.1, 0.15) is 47.1 Å². The number of aromatic amines is 1. The summed E-state index contributed by atoms with van der Waals surface area (Å²) in [5.41, 5.74) is 1.42. The maximum absolute atomic E-state index is 12.2. The molecule has 1 saturated heterocycles. The van der Waals surface area contributed by atoms with Crippen molar-refractivity contribution in [2.75, 3.05) is 13.1 Å². The first kappa shape index (κ1) is 13.5. The van der Waals surface area contributed by atoms with Crippen molar-refractivity contribution in [3.8, 4) is 0 Å². The van der Waals surface area contributed by atoms with Gasteiger partial charge in [0.05, 0.1) is 12.0 Å². The van der Waals surface area contributed by atoms with Gasteiger partial charge in [0.1, 0.15) is 5.76 Å². The first-order chi connectivity index (χ1) is 10.8. The Kier molecular flexibility index (Phi) is 3.42. The fourth-order valence-corrected chi connectivity index (χ4v) is 2.92. The van der Waals surface area contributed by atoms with Crippen LogP contribution >= 0.6 is 0 Å². The summed E-state index contributed by atoms with van der Waals surface area (Å²) in [6.45, 7) is 2.61. The summed E-state index contributed by atoms with van der Waals surface area (Å²) < 4.78 is 5.23. The van der Waals surface area contributed by atoms with Crippen LogP contribution < -0.4 is 5.32 Å². The van der Waals surface area contributed by atoms with Crippen LogP contribution in [0.4, 0.5) is 0 Å². The molecule has 2 fully saturated rings. The van der Waals surface area contributed by atoms with Gasteiger partial charge in [-0.15, -0.1) is 0 Å². The minimum absolute atomic E-state index is 0.137. The lowest BCUT2D eigenvalue weighted by molar-refractivity contribution is 0.0928. The normalized spacial score (nSPS) is 22.1. The zero-order valence-corrected chi connectivity index (χ0v) is 12.3. The van der Waals surface area contributed by atoms with Crippen molar-refractivity contribution in [3.63, 3.8) is 0 Å². The molecule has 7 nitrogen and oxygen atoms in total. The lowest BCUT2D eigenvalue weighted by atomic mass is 10.2. The number of aromatic nitrogens is 3. The Morgan fingerprint density at radius 1 is 1.45 bits per heavy atom. The van der Waals surface area contributed by atoms with Crippen LogP contribution in [0, 0.1) is 0 Å². The standard InChI is InChI=1S/C15H19N5O2/c21-15(13-5-14(22-19-13)10-1-2-10)18-11-3-4-20(7-11)8-12-6-16-9-17-12/h5-6,9-11H,1-4,7-8H2,(H,16,17)(H,18,21). The zero-order valence-electron chi connectivity index (χ0n) is 12.3. The SMILES string of the molecule is O=C(NC1CCN(Cc2c[nH]cn2)C1)c1cc(C2CC2)on1. The predicted molar refractivity (Wildman–Crippen MR) is 78.2 cm³/mol. The highest BCUT2D eigenvalue weighted by molar-refractivity contribution is 5.92. The van der Waals surface area contributed by atoms with E-state index in [0.29, 0.717) is 11.6 Å². The van der Waals surface area contributed by atoms with E-state index < -0.39 is 0 Å². The molecule has 1 aliphatic carbocycles. The molecule has 1 atom stereocenters. The first-order valence-corrected chi connectivity index (χ1v) is 7.75. The van der Waals surface area contributed by atoms with E-state index in [1.807, 2.05) is 6.20 Å². The van der Waals surface area contributed by atoms with Gasteiger partial charge in [-0.1, -0.05) is 5.16 Å². The van der Waals surface area contributed by atoms with Crippen LogP contribution in [-0.2, 0) is 6.54 Å². The molecule has 3 heterocycles. The molecule has 1 unspecified atom stereocenters. The van der Waals surface area contributed by atoms with Gasteiger partial charge >= 0.3 is 0 Å². The van der Waals surface area contributed by atoms with E-state index >= 15 is 0 Å². The van der Waals surface area contributed by atoms with Gasteiger partial charge in [0, 0.05) is 43.9 Å². The summed E-state index contributed by atoms with van der Waals surface area (Å²) in [7, 11) is 0. The van der Waals surface area contributed by atoms with Crippen molar-refractivity contribution in [1.82, 2.24) is 25.3 Å². The number of carbonyl (C=O) groups excluding carboxylic acids is 1. The smallest absolute Gasteiger partial charge is 0.273 e. The van der Waals surface area contributed by atoms with Crippen molar-refractivity contribution in [1.29, 1.82) is 0 Å². The third-order valence-electron chi connectivity index (χ3n) is 4.29. The summed E-state index contributed by atoms with van der Waals surface area (Å²) in [4.78, 5) is 21.7. The van der Waals surface area contributed by atoms with E-state index in [9.17, 15) is 4.79 Å². The lowest BCUT2D eigenvalue weighted by Gasteiger charge is -2.15. The molecule has 2 aliphatic rings. The van der Waals surface area contributed by atoms with E-state index in [1.165, 1.54) is 0 Å². The van der Waals surface area contributed by atoms with Gasteiger partial charge in [-0.05, 0) is 19.3 Å². The average Bonchev–Trinajstić information content (AvgIpc) is 2.96. The van der Waals surface area contributed by atoms with Crippen molar-refractivity contribution in [2.45, 2.75) is 37.8 Å². The van der Waals surface area contributed by atoms with Crippen molar-refractivity contribution in [3.05, 3.63) is 35.7 Å². The molecule has 0 spiro atoms. The summed E-state index contributed by atoms with van der Waals surface area (Å²) in [6.07, 6.45) is 6.82. The molecule has 1 aliphatic heterocycles. The number of H-pyrrole nitrogens is 1. The Balaban J connectivity index is 1.30. The minimum atomic E-state index is -0.137. The predicted octanol–water partition coefficient (Wildman–Crippen LogP) is 1.28. The molecule has 1 amide bonds. The van der Waals surface area contributed by atoms with E-state index in [4.69, 9.17) is 4.52 Å². The molecule has 0 aromatic carbocycles. The molecule has 116 valence electrons. The van der Waals surface area contributed by atoms with Crippen LogP contribution in [0.5, 0.6) is 0 Å². The first-order valence-electron chi connectivity index (χ1n) is 7.75. The molecular weight excluding hydrogens is 282 g/mol. The molecule has 7 heteroatoms. The molecule has 0 bridgehead atoms. The van der Waals surface area contributed by atoms with Crippen molar-refractivity contribution in [2.24, 2.45) is 0 Å². The summed E-state index contributed by atoms with van der Waals surface area (Å²) in [6, 6.07) is 1.94. The Labute approximate surface area is 128 Å². The van der Waals surface area contributed by atoms with Gasteiger partial charge < -0.3 is 14.8 Å². The van der Waals surface area contributed by atoms with Gasteiger partial charge in [0.2, 0.25) is 0 Å². The summed E-state index contributed by atoms with van der Waals surface area (Å²) in [5.74, 6) is 1.18. The van der Waals surface area contributed by atoms with Gasteiger partial charge in [-0.3, -0.25) is 9.69 Å². The molecule has 4 rings (SSSR count). The number of amides is 1. The number of nitrogens with one attached hydrogen (secondary N) is 2. The Morgan fingerprint density at radius 2 is 2.36 bits per heavy atom. The Bertz CT molecular complexity index is 647. The largest absolute Gasteiger partial charge is 0.360 e. The monoisotopic (exact) mass is 301 g/mol. The number of nitrogens with zero attached hydrogens (tertiary/aromatic N) is 3. The fraction of sp³-hybridized carbons (Fsp3) is 0.533. The minimum Gasteiger partial charge on any atom is -0.360 e. The molecule has 2 N–H and O–H groups in total. The second kappa shape index (κ2) is 5.57. The van der Waals surface area contributed by atoms with E-state index in [-0.39, 0.29) is 11.9 Å². The number of likely N-dealkylation sites (tertiary alicyclic amines) is 1. The highest BCUT2D eigenvalue weighted by Crippen LogP contribution is 2.40.